The van der Waals surface area contributed by atoms with E-state index in [0.717, 1.165) is 44.8 Å². The van der Waals surface area contributed by atoms with Crippen LogP contribution in [0.4, 0.5) is 0 Å². The maximum Gasteiger partial charge on any atom is 0.122 e. The minimum absolute atomic E-state index is 0.238. The molecule has 0 aromatic heterocycles. The predicted octanol–water partition coefficient (Wildman–Crippen LogP) is 1.99. The number of rotatable bonds is 2. The van der Waals surface area contributed by atoms with Crippen molar-refractivity contribution in [3.05, 3.63) is 29.8 Å². The van der Waals surface area contributed by atoms with E-state index in [-0.39, 0.29) is 6.04 Å². The minimum atomic E-state index is 0.238. The highest BCUT2D eigenvalue weighted by atomic mass is 16.5. The molecule has 1 fully saturated rings. The van der Waals surface area contributed by atoms with Gasteiger partial charge in [-0.15, -0.1) is 0 Å². The molecule has 2 N–H and O–H groups in total. The summed E-state index contributed by atoms with van der Waals surface area (Å²) in [7, 11) is 0. The first kappa shape index (κ1) is 12.0. The van der Waals surface area contributed by atoms with Gasteiger partial charge in [-0.3, -0.25) is 0 Å². The second kappa shape index (κ2) is 5.29. The molecule has 98 valence electrons. The SMILES string of the molecule is NC(C1CCOCC1)C1COc2ccccc2C1. The monoisotopic (exact) mass is 247 g/mol. The molecule has 0 bridgehead atoms. The maximum atomic E-state index is 6.44. The van der Waals surface area contributed by atoms with Crippen LogP contribution in [0.2, 0.25) is 0 Å². The predicted molar refractivity (Wildman–Crippen MR) is 70.6 cm³/mol. The summed E-state index contributed by atoms with van der Waals surface area (Å²) in [5.74, 6) is 2.08. The van der Waals surface area contributed by atoms with E-state index in [1.165, 1.54) is 5.56 Å². The smallest absolute Gasteiger partial charge is 0.122 e. The van der Waals surface area contributed by atoms with Crippen molar-refractivity contribution < 1.29 is 9.47 Å². The van der Waals surface area contributed by atoms with Crippen molar-refractivity contribution in [2.24, 2.45) is 17.6 Å². The molecule has 2 aliphatic rings. The summed E-state index contributed by atoms with van der Waals surface area (Å²) in [6.07, 6.45) is 3.24. The molecule has 1 aromatic rings. The fourth-order valence-electron chi connectivity index (χ4n) is 3.08. The highest BCUT2D eigenvalue weighted by Gasteiger charge is 2.31. The van der Waals surface area contributed by atoms with Crippen molar-refractivity contribution in [3.63, 3.8) is 0 Å². The first-order valence-electron chi connectivity index (χ1n) is 6.88. The van der Waals surface area contributed by atoms with Crippen LogP contribution in [0.1, 0.15) is 18.4 Å². The van der Waals surface area contributed by atoms with Gasteiger partial charge in [0, 0.05) is 25.2 Å². The van der Waals surface area contributed by atoms with Gasteiger partial charge in [0.15, 0.2) is 0 Å². The van der Waals surface area contributed by atoms with E-state index in [4.69, 9.17) is 15.2 Å². The normalized spacial score (nSPS) is 26.2. The van der Waals surface area contributed by atoms with Gasteiger partial charge in [0.25, 0.3) is 0 Å². The molecular weight excluding hydrogens is 226 g/mol. The molecule has 0 saturated carbocycles. The summed E-state index contributed by atoms with van der Waals surface area (Å²) in [6, 6.07) is 8.54. The summed E-state index contributed by atoms with van der Waals surface area (Å²) in [6.45, 7) is 2.49. The maximum absolute atomic E-state index is 6.44. The molecule has 1 saturated heterocycles. The average Bonchev–Trinajstić information content (AvgIpc) is 2.47. The quantitative estimate of drug-likeness (QED) is 0.869. The molecule has 2 heterocycles. The van der Waals surface area contributed by atoms with Crippen LogP contribution in [-0.2, 0) is 11.2 Å². The number of hydrogen-bond donors (Lipinski definition) is 1. The van der Waals surface area contributed by atoms with Crippen LogP contribution in [0.15, 0.2) is 24.3 Å². The van der Waals surface area contributed by atoms with E-state index in [1.807, 2.05) is 12.1 Å². The van der Waals surface area contributed by atoms with Crippen molar-refractivity contribution in [3.8, 4) is 5.75 Å². The average molecular weight is 247 g/mol. The van der Waals surface area contributed by atoms with E-state index in [2.05, 4.69) is 12.1 Å². The van der Waals surface area contributed by atoms with Crippen LogP contribution in [0.3, 0.4) is 0 Å². The van der Waals surface area contributed by atoms with Crippen molar-refractivity contribution in [1.29, 1.82) is 0 Å². The molecule has 0 amide bonds. The van der Waals surface area contributed by atoms with Crippen LogP contribution < -0.4 is 10.5 Å². The fourth-order valence-corrected chi connectivity index (χ4v) is 3.08. The molecule has 1 aromatic carbocycles. The summed E-state index contributed by atoms with van der Waals surface area (Å²) in [5, 5.41) is 0. The van der Waals surface area contributed by atoms with Crippen molar-refractivity contribution >= 4 is 0 Å². The molecule has 2 atom stereocenters. The summed E-state index contributed by atoms with van der Waals surface area (Å²) in [5.41, 5.74) is 7.75. The standard InChI is InChI=1S/C15H21NO2/c16-15(11-5-7-17-8-6-11)13-9-12-3-1-2-4-14(12)18-10-13/h1-4,11,13,15H,5-10,16H2. The van der Waals surface area contributed by atoms with Gasteiger partial charge in [0.05, 0.1) is 6.61 Å². The Morgan fingerprint density at radius 3 is 2.72 bits per heavy atom. The molecular formula is C15H21NO2. The van der Waals surface area contributed by atoms with E-state index < -0.39 is 0 Å². The van der Waals surface area contributed by atoms with Gasteiger partial charge in [-0.1, -0.05) is 18.2 Å². The second-order valence-corrected chi connectivity index (χ2v) is 5.41. The van der Waals surface area contributed by atoms with Crippen molar-refractivity contribution in [2.45, 2.75) is 25.3 Å². The number of para-hydroxylation sites is 1. The first-order valence-corrected chi connectivity index (χ1v) is 6.88. The fraction of sp³-hybridized carbons (Fsp3) is 0.600. The second-order valence-electron chi connectivity index (χ2n) is 5.41. The molecule has 3 nitrogen and oxygen atoms in total. The van der Waals surface area contributed by atoms with Crippen molar-refractivity contribution in [1.82, 2.24) is 0 Å². The number of nitrogens with two attached hydrogens (primary N) is 1. The van der Waals surface area contributed by atoms with Gasteiger partial charge < -0.3 is 15.2 Å². The zero-order valence-corrected chi connectivity index (χ0v) is 10.7. The molecule has 0 aliphatic carbocycles. The Hall–Kier alpha value is -1.06. The Bertz CT molecular complexity index is 401. The highest BCUT2D eigenvalue weighted by Crippen LogP contribution is 2.31. The van der Waals surface area contributed by atoms with Gasteiger partial charge in [-0.25, -0.2) is 0 Å². The number of fused-ring (bicyclic) bond motifs is 1. The van der Waals surface area contributed by atoms with Crippen LogP contribution in [0.25, 0.3) is 0 Å². The molecule has 18 heavy (non-hydrogen) atoms. The number of benzene rings is 1. The lowest BCUT2D eigenvalue weighted by atomic mass is 9.80. The molecule has 0 radical (unpaired) electrons. The van der Waals surface area contributed by atoms with Crippen LogP contribution in [0.5, 0.6) is 5.75 Å². The zero-order chi connectivity index (χ0) is 12.4. The van der Waals surface area contributed by atoms with Crippen LogP contribution >= 0.6 is 0 Å². The lowest BCUT2D eigenvalue weighted by molar-refractivity contribution is 0.0445. The Morgan fingerprint density at radius 1 is 1.11 bits per heavy atom. The Balaban J connectivity index is 1.67. The van der Waals surface area contributed by atoms with Gasteiger partial charge in [0.1, 0.15) is 5.75 Å². The Morgan fingerprint density at radius 2 is 1.89 bits per heavy atom. The topological polar surface area (TPSA) is 44.5 Å². The zero-order valence-electron chi connectivity index (χ0n) is 10.7. The van der Waals surface area contributed by atoms with Gasteiger partial charge in [-0.2, -0.15) is 0 Å². The summed E-state index contributed by atoms with van der Waals surface area (Å²) < 4.78 is 11.2. The van der Waals surface area contributed by atoms with Gasteiger partial charge >= 0.3 is 0 Å². The Labute approximate surface area is 108 Å². The van der Waals surface area contributed by atoms with E-state index in [0.29, 0.717) is 11.8 Å². The highest BCUT2D eigenvalue weighted by molar-refractivity contribution is 5.35. The van der Waals surface area contributed by atoms with Gasteiger partial charge in [-0.05, 0) is 36.8 Å². The van der Waals surface area contributed by atoms with Crippen LogP contribution in [0, 0.1) is 11.8 Å². The van der Waals surface area contributed by atoms with Gasteiger partial charge in [0.2, 0.25) is 0 Å². The molecule has 3 heteroatoms. The third-order valence-corrected chi connectivity index (χ3v) is 4.26. The molecule has 2 unspecified atom stereocenters. The minimum Gasteiger partial charge on any atom is -0.493 e. The third-order valence-electron chi connectivity index (χ3n) is 4.26. The van der Waals surface area contributed by atoms with Crippen molar-refractivity contribution in [2.75, 3.05) is 19.8 Å². The molecule has 3 rings (SSSR count). The summed E-state index contributed by atoms with van der Waals surface area (Å²) >= 11 is 0. The summed E-state index contributed by atoms with van der Waals surface area (Å²) in [4.78, 5) is 0. The largest absolute Gasteiger partial charge is 0.493 e. The van der Waals surface area contributed by atoms with Crippen LogP contribution in [-0.4, -0.2) is 25.9 Å². The molecule has 0 spiro atoms. The van der Waals surface area contributed by atoms with E-state index in [9.17, 15) is 0 Å². The number of hydrogen-bond acceptors (Lipinski definition) is 3. The van der Waals surface area contributed by atoms with E-state index in [1.54, 1.807) is 0 Å². The lowest BCUT2D eigenvalue weighted by Gasteiger charge is -2.35. The third kappa shape index (κ3) is 2.38. The molecule has 2 aliphatic heterocycles. The Kier molecular flexibility index (Phi) is 3.52. The van der Waals surface area contributed by atoms with E-state index >= 15 is 0 Å². The first-order chi connectivity index (χ1) is 8.84. The lowest BCUT2D eigenvalue weighted by Crippen LogP contribution is -2.44. The number of ether oxygens (including phenoxy) is 2.